The Bertz CT molecular complexity index is 289. The summed E-state index contributed by atoms with van der Waals surface area (Å²) in [6.07, 6.45) is 5.44. The molecule has 2 heteroatoms. The maximum atomic E-state index is 10.1. The largest absolute Gasteiger partial charge is 0.366 e. The molecule has 1 aliphatic carbocycles. The van der Waals surface area contributed by atoms with Gasteiger partial charge in [0.1, 0.15) is 0 Å². The van der Waals surface area contributed by atoms with Crippen molar-refractivity contribution in [1.82, 2.24) is 0 Å². The number of rotatable bonds is 0. The molecule has 0 bridgehead atoms. The van der Waals surface area contributed by atoms with E-state index in [-0.39, 0.29) is 5.60 Å². The van der Waals surface area contributed by atoms with Gasteiger partial charge in [0.2, 0.25) is 0 Å². The number of aliphatic hydroxyl groups is 1. The molecule has 2 rings (SSSR count). The molecule has 2 nitrogen and oxygen atoms in total. The number of fused-ring (bicyclic) bond motifs is 1. The van der Waals surface area contributed by atoms with Crippen LogP contribution in [0.2, 0.25) is 0 Å². The second-order valence-electron chi connectivity index (χ2n) is 5.91. The summed E-state index contributed by atoms with van der Waals surface area (Å²) in [6, 6.07) is 0. The van der Waals surface area contributed by atoms with Crippen LogP contribution in [0.4, 0.5) is 0 Å². The summed E-state index contributed by atoms with van der Waals surface area (Å²) in [5, 5.41) is 10.1. The molecule has 15 heavy (non-hydrogen) atoms. The molecule has 0 saturated carbocycles. The van der Waals surface area contributed by atoms with Crippen molar-refractivity contribution in [3.63, 3.8) is 0 Å². The highest BCUT2D eigenvalue weighted by atomic mass is 16.6. The Labute approximate surface area is 92.3 Å². The van der Waals surface area contributed by atoms with Crippen molar-refractivity contribution >= 4 is 0 Å². The average molecular weight is 210 g/mol. The Morgan fingerprint density at radius 3 is 2.73 bits per heavy atom. The van der Waals surface area contributed by atoms with Gasteiger partial charge in [-0.3, -0.25) is 0 Å². The lowest BCUT2D eigenvalue weighted by Gasteiger charge is -2.50. The normalized spacial score (nSPS) is 44.5. The summed E-state index contributed by atoms with van der Waals surface area (Å²) in [5.41, 5.74) is 1.26. The minimum Gasteiger partial charge on any atom is -0.366 e. The highest BCUT2D eigenvalue weighted by Crippen LogP contribution is 2.47. The molecule has 1 aliphatic heterocycles. The fourth-order valence-corrected chi connectivity index (χ4v) is 3.35. The molecule has 0 amide bonds. The predicted octanol–water partition coefficient (Wildman–Crippen LogP) is 2.87. The summed E-state index contributed by atoms with van der Waals surface area (Å²) in [7, 11) is 0. The lowest BCUT2D eigenvalue weighted by molar-refractivity contribution is -0.299. The SMILES string of the molecule is CC1=C[C@@H]2C[C@@](C)(O)OC(C)(C)[C@@H]2CC1. The molecule has 1 heterocycles. The molecule has 0 unspecified atom stereocenters. The van der Waals surface area contributed by atoms with Crippen LogP contribution in [0.3, 0.4) is 0 Å². The van der Waals surface area contributed by atoms with E-state index in [1.165, 1.54) is 18.4 Å². The van der Waals surface area contributed by atoms with Crippen molar-refractivity contribution in [2.45, 2.75) is 58.3 Å². The van der Waals surface area contributed by atoms with E-state index < -0.39 is 5.79 Å². The van der Waals surface area contributed by atoms with E-state index in [9.17, 15) is 5.11 Å². The van der Waals surface area contributed by atoms with Crippen molar-refractivity contribution in [3.05, 3.63) is 11.6 Å². The molecule has 0 spiro atoms. The van der Waals surface area contributed by atoms with E-state index in [0.29, 0.717) is 11.8 Å². The van der Waals surface area contributed by atoms with Crippen LogP contribution in [0.1, 0.15) is 47.0 Å². The number of hydrogen-bond acceptors (Lipinski definition) is 2. The van der Waals surface area contributed by atoms with Crippen LogP contribution < -0.4 is 0 Å². The summed E-state index contributed by atoms with van der Waals surface area (Å²) >= 11 is 0. The molecule has 1 saturated heterocycles. The van der Waals surface area contributed by atoms with Gasteiger partial charge in [0.15, 0.2) is 5.79 Å². The number of ether oxygens (including phenoxy) is 1. The Balaban J connectivity index is 2.28. The summed E-state index contributed by atoms with van der Waals surface area (Å²) in [4.78, 5) is 0. The molecule has 1 N–H and O–H groups in total. The van der Waals surface area contributed by atoms with Crippen LogP contribution in [-0.4, -0.2) is 16.5 Å². The molecule has 3 atom stereocenters. The van der Waals surface area contributed by atoms with E-state index in [1.807, 2.05) is 0 Å². The predicted molar refractivity (Wildman–Crippen MR) is 60.4 cm³/mol. The van der Waals surface area contributed by atoms with Crippen molar-refractivity contribution < 1.29 is 9.84 Å². The summed E-state index contributed by atoms with van der Waals surface area (Å²) in [6.45, 7) is 8.18. The minimum atomic E-state index is -0.960. The maximum Gasteiger partial charge on any atom is 0.163 e. The third-order valence-corrected chi connectivity index (χ3v) is 3.86. The first-order chi connectivity index (χ1) is 6.80. The zero-order valence-corrected chi connectivity index (χ0v) is 10.2. The molecule has 1 fully saturated rings. The van der Waals surface area contributed by atoms with Crippen LogP contribution in [0.5, 0.6) is 0 Å². The second-order valence-corrected chi connectivity index (χ2v) is 5.91. The van der Waals surface area contributed by atoms with Crippen molar-refractivity contribution in [2.75, 3.05) is 0 Å². The Kier molecular flexibility index (Phi) is 2.47. The Morgan fingerprint density at radius 1 is 1.40 bits per heavy atom. The van der Waals surface area contributed by atoms with Crippen molar-refractivity contribution in [3.8, 4) is 0 Å². The van der Waals surface area contributed by atoms with E-state index in [2.05, 4.69) is 26.8 Å². The van der Waals surface area contributed by atoms with E-state index >= 15 is 0 Å². The van der Waals surface area contributed by atoms with Crippen molar-refractivity contribution in [1.29, 1.82) is 0 Å². The van der Waals surface area contributed by atoms with Gasteiger partial charge in [-0.15, -0.1) is 0 Å². The van der Waals surface area contributed by atoms with Gasteiger partial charge >= 0.3 is 0 Å². The third kappa shape index (κ3) is 2.11. The first kappa shape index (κ1) is 11.2. The lowest BCUT2D eigenvalue weighted by atomic mass is 9.68. The topological polar surface area (TPSA) is 29.5 Å². The van der Waals surface area contributed by atoms with Gasteiger partial charge in [-0.1, -0.05) is 11.6 Å². The fourth-order valence-electron chi connectivity index (χ4n) is 3.35. The second kappa shape index (κ2) is 3.33. The minimum absolute atomic E-state index is 0.205. The molecule has 0 radical (unpaired) electrons. The van der Waals surface area contributed by atoms with Crippen molar-refractivity contribution in [2.24, 2.45) is 11.8 Å². The highest BCUT2D eigenvalue weighted by Gasteiger charge is 2.48. The van der Waals surface area contributed by atoms with Crippen LogP contribution in [-0.2, 0) is 4.74 Å². The fraction of sp³-hybridized carbons (Fsp3) is 0.846. The molecule has 0 aromatic rings. The van der Waals surface area contributed by atoms with Crippen LogP contribution in [0, 0.1) is 11.8 Å². The molecule has 2 aliphatic rings. The van der Waals surface area contributed by atoms with Gasteiger partial charge in [-0.05, 0) is 52.4 Å². The van der Waals surface area contributed by atoms with Gasteiger partial charge in [-0.25, -0.2) is 0 Å². The first-order valence-electron chi connectivity index (χ1n) is 5.90. The first-order valence-corrected chi connectivity index (χ1v) is 5.90. The zero-order chi connectivity index (χ0) is 11.3. The van der Waals surface area contributed by atoms with E-state index in [1.54, 1.807) is 6.92 Å². The van der Waals surface area contributed by atoms with Gasteiger partial charge in [-0.2, -0.15) is 0 Å². The monoisotopic (exact) mass is 210 g/mol. The smallest absolute Gasteiger partial charge is 0.163 e. The molecule has 86 valence electrons. The molecule has 0 aromatic heterocycles. The van der Waals surface area contributed by atoms with Crippen LogP contribution >= 0.6 is 0 Å². The summed E-state index contributed by atoms with van der Waals surface area (Å²) < 4.78 is 5.79. The average Bonchev–Trinajstić information content (AvgIpc) is 1.97. The lowest BCUT2D eigenvalue weighted by Crippen LogP contribution is -2.53. The maximum absolute atomic E-state index is 10.1. The zero-order valence-electron chi connectivity index (χ0n) is 10.2. The van der Waals surface area contributed by atoms with Gasteiger partial charge in [0.25, 0.3) is 0 Å². The van der Waals surface area contributed by atoms with Crippen LogP contribution in [0.15, 0.2) is 11.6 Å². The Morgan fingerprint density at radius 2 is 2.07 bits per heavy atom. The third-order valence-electron chi connectivity index (χ3n) is 3.86. The van der Waals surface area contributed by atoms with Crippen LogP contribution in [0.25, 0.3) is 0 Å². The number of allylic oxidation sites excluding steroid dienone is 2. The Hall–Kier alpha value is -0.340. The quantitative estimate of drug-likeness (QED) is 0.623. The molecule has 0 aromatic carbocycles. The van der Waals surface area contributed by atoms with Gasteiger partial charge in [0.05, 0.1) is 5.60 Å². The molecular formula is C13H22O2. The van der Waals surface area contributed by atoms with E-state index in [0.717, 1.165) is 6.42 Å². The standard InChI is InChI=1S/C13H22O2/c1-9-5-6-11-10(7-9)8-13(4,14)15-12(11,2)3/h7,10-11,14H,5-6,8H2,1-4H3/t10-,11-,13+/m1/s1. The van der Waals surface area contributed by atoms with Gasteiger partial charge < -0.3 is 9.84 Å². The van der Waals surface area contributed by atoms with E-state index in [4.69, 9.17) is 4.74 Å². The number of hydrogen-bond donors (Lipinski definition) is 1. The highest BCUT2D eigenvalue weighted by molar-refractivity contribution is 5.12. The summed E-state index contributed by atoms with van der Waals surface area (Å²) in [5.74, 6) is 0.0811. The van der Waals surface area contributed by atoms with Gasteiger partial charge in [0, 0.05) is 6.42 Å². The molecular weight excluding hydrogens is 188 g/mol.